The van der Waals surface area contributed by atoms with E-state index in [2.05, 4.69) is 20.3 Å². The van der Waals surface area contributed by atoms with Gasteiger partial charge in [0.05, 0.1) is 11.0 Å². The van der Waals surface area contributed by atoms with Gasteiger partial charge in [-0.3, -0.25) is 10.1 Å². The SMILES string of the molecule is CCC(Nc1nccc(C#N)c1[N+](=O)[O-])c1ncc[nH]1. The summed E-state index contributed by atoms with van der Waals surface area (Å²) in [6.07, 6.45) is 5.30. The maximum absolute atomic E-state index is 11.1. The highest BCUT2D eigenvalue weighted by atomic mass is 16.6. The van der Waals surface area contributed by atoms with Crippen LogP contribution in [0.3, 0.4) is 0 Å². The lowest BCUT2D eigenvalue weighted by Gasteiger charge is -2.15. The first kappa shape index (κ1) is 13.5. The minimum absolute atomic E-state index is 0.0261. The highest BCUT2D eigenvalue weighted by Crippen LogP contribution is 2.29. The van der Waals surface area contributed by atoms with Crippen LogP contribution in [0.2, 0.25) is 0 Å². The van der Waals surface area contributed by atoms with E-state index in [0.717, 1.165) is 0 Å². The van der Waals surface area contributed by atoms with Crippen LogP contribution >= 0.6 is 0 Å². The molecule has 0 saturated heterocycles. The number of hydrogen-bond acceptors (Lipinski definition) is 6. The summed E-state index contributed by atoms with van der Waals surface area (Å²) in [4.78, 5) is 21.5. The molecule has 0 spiro atoms. The predicted molar refractivity (Wildman–Crippen MR) is 70.8 cm³/mol. The van der Waals surface area contributed by atoms with Gasteiger partial charge in [0.15, 0.2) is 0 Å². The number of hydrogen-bond donors (Lipinski definition) is 2. The molecule has 8 nitrogen and oxygen atoms in total. The van der Waals surface area contributed by atoms with Crippen molar-refractivity contribution in [2.45, 2.75) is 19.4 Å². The van der Waals surface area contributed by atoms with Crippen LogP contribution < -0.4 is 5.32 Å². The third kappa shape index (κ3) is 2.56. The van der Waals surface area contributed by atoms with Crippen molar-refractivity contribution in [2.75, 3.05) is 5.32 Å². The van der Waals surface area contributed by atoms with Crippen molar-refractivity contribution in [1.82, 2.24) is 15.0 Å². The van der Waals surface area contributed by atoms with Gasteiger partial charge in [-0.25, -0.2) is 9.97 Å². The normalized spacial score (nSPS) is 11.6. The van der Waals surface area contributed by atoms with Crippen molar-refractivity contribution in [1.29, 1.82) is 5.26 Å². The number of nitriles is 1. The van der Waals surface area contributed by atoms with Crippen LogP contribution in [0, 0.1) is 21.4 Å². The van der Waals surface area contributed by atoms with Gasteiger partial charge in [-0.05, 0) is 12.5 Å². The Balaban J connectivity index is 2.38. The van der Waals surface area contributed by atoms with Crippen LogP contribution in [0.4, 0.5) is 11.5 Å². The van der Waals surface area contributed by atoms with E-state index in [-0.39, 0.29) is 23.1 Å². The van der Waals surface area contributed by atoms with Gasteiger partial charge >= 0.3 is 5.69 Å². The Morgan fingerprint density at radius 2 is 2.35 bits per heavy atom. The molecule has 0 fully saturated rings. The van der Waals surface area contributed by atoms with Gasteiger partial charge in [0, 0.05) is 18.6 Å². The van der Waals surface area contributed by atoms with E-state index in [9.17, 15) is 10.1 Å². The number of imidazole rings is 1. The van der Waals surface area contributed by atoms with Gasteiger partial charge in [0.25, 0.3) is 0 Å². The molecule has 2 rings (SSSR count). The lowest BCUT2D eigenvalue weighted by molar-refractivity contribution is -0.384. The number of H-pyrrole nitrogens is 1. The lowest BCUT2D eigenvalue weighted by atomic mass is 10.2. The number of pyridine rings is 1. The Morgan fingerprint density at radius 1 is 1.55 bits per heavy atom. The second-order valence-electron chi connectivity index (χ2n) is 4.00. The topological polar surface area (TPSA) is 121 Å². The smallest absolute Gasteiger partial charge is 0.328 e. The second-order valence-corrected chi connectivity index (χ2v) is 4.00. The maximum atomic E-state index is 11.1. The summed E-state index contributed by atoms with van der Waals surface area (Å²) in [7, 11) is 0. The zero-order chi connectivity index (χ0) is 14.5. The van der Waals surface area contributed by atoms with Gasteiger partial charge in [-0.1, -0.05) is 6.92 Å². The van der Waals surface area contributed by atoms with E-state index < -0.39 is 4.92 Å². The quantitative estimate of drug-likeness (QED) is 0.635. The van der Waals surface area contributed by atoms with E-state index in [0.29, 0.717) is 12.2 Å². The van der Waals surface area contributed by atoms with Gasteiger partial charge in [-0.15, -0.1) is 0 Å². The average molecular weight is 272 g/mol. The fourth-order valence-electron chi connectivity index (χ4n) is 1.83. The Morgan fingerprint density at radius 3 is 2.90 bits per heavy atom. The summed E-state index contributed by atoms with van der Waals surface area (Å²) in [5.74, 6) is 0.725. The summed E-state index contributed by atoms with van der Waals surface area (Å²) >= 11 is 0. The molecule has 1 atom stereocenters. The van der Waals surface area contributed by atoms with Gasteiger partial charge in [-0.2, -0.15) is 5.26 Å². The molecule has 0 aliphatic carbocycles. The molecule has 20 heavy (non-hydrogen) atoms. The number of anilines is 1. The van der Waals surface area contributed by atoms with E-state index in [4.69, 9.17) is 5.26 Å². The van der Waals surface area contributed by atoms with Crippen LogP contribution in [0.5, 0.6) is 0 Å². The second kappa shape index (κ2) is 5.79. The number of aromatic nitrogens is 3. The lowest BCUT2D eigenvalue weighted by Crippen LogP contribution is -2.14. The molecule has 0 bridgehead atoms. The van der Waals surface area contributed by atoms with E-state index in [1.54, 1.807) is 18.5 Å². The zero-order valence-electron chi connectivity index (χ0n) is 10.7. The third-order valence-electron chi connectivity index (χ3n) is 2.80. The summed E-state index contributed by atoms with van der Waals surface area (Å²) in [5.41, 5.74) is -0.346. The summed E-state index contributed by atoms with van der Waals surface area (Å²) in [6, 6.07) is 2.87. The molecule has 0 radical (unpaired) electrons. The number of rotatable bonds is 5. The summed E-state index contributed by atoms with van der Waals surface area (Å²) in [6.45, 7) is 1.92. The van der Waals surface area contributed by atoms with E-state index in [1.165, 1.54) is 12.3 Å². The van der Waals surface area contributed by atoms with Crippen LogP contribution in [0.25, 0.3) is 0 Å². The molecule has 0 aromatic carbocycles. The van der Waals surface area contributed by atoms with Crippen molar-refractivity contribution >= 4 is 11.5 Å². The molecule has 8 heteroatoms. The molecule has 2 N–H and O–H groups in total. The molecular weight excluding hydrogens is 260 g/mol. The highest BCUT2D eigenvalue weighted by molar-refractivity contribution is 5.64. The zero-order valence-corrected chi connectivity index (χ0v) is 10.7. The largest absolute Gasteiger partial charge is 0.354 e. The summed E-state index contributed by atoms with van der Waals surface area (Å²) < 4.78 is 0. The molecular formula is C12H12N6O2. The molecule has 0 amide bonds. The molecule has 102 valence electrons. The molecule has 2 aromatic heterocycles. The number of aromatic amines is 1. The number of nitrogens with one attached hydrogen (secondary N) is 2. The molecule has 2 aromatic rings. The van der Waals surface area contributed by atoms with Crippen LogP contribution in [0.1, 0.15) is 30.8 Å². The number of nitrogens with zero attached hydrogens (tertiary/aromatic N) is 4. The van der Waals surface area contributed by atoms with Crippen LogP contribution in [0.15, 0.2) is 24.7 Å². The Labute approximate surface area is 114 Å². The van der Waals surface area contributed by atoms with Crippen LogP contribution in [-0.4, -0.2) is 19.9 Å². The predicted octanol–water partition coefficient (Wildman–Crippen LogP) is 2.15. The van der Waals surface area contributed by atoms with Crippen molar-refractivity contribution in [3.63, 3.8) is 0 Å². The molecule has 0 aliphatic rings. The standard InChI is InChI=1S/C12H12N6O2/c1-2-9(11-15-5-6-16-11)17-12-10(18(19)20)8(7-13)3-4-14-12/h3-6,9H,2H2,1H3,(H,14,17)(H,15,16). The van der Waals surface area contributed by atoms with E-state index in [1.807, 2.05) is 6.92 Å². The van der Waals surface area contributed by atoms with E-state index >= 15 is 0 Å². The first-order valence-electron chi connectivity index (χ1n) is 5.96. The number of nitro groups is 1. The Hall–Kier alpha value is -2.95. The monoisotopic (exact) mass is 272 g/mol. The molecule has 0 aliphatic heterocycles. The minimum Gasteiger partial charge on any atom is -0.354 e. The molecule has 2 heterocycles. The van der Waals surface area contributed by atoms with Crippen molar-refractivity contribution in [3.8, 4) is 6.07 Å². The Bertz CT molecular complexity index is 646. The fourth-order valence-corrected chi connectivity index (χ4v) is 1.83. The maximum Gasteiger partial charge on any atom is 0.328 e. The van der Waals surface area contributed by atoms with Crippen molar-refractivity contribution < 1.29 is 4.92 Å². The fraction of sp³-hybridized carbons (Fsp3) is 0.250. The average Bonchev–Trinajstić information content (AvgIpc) is 2.97. The van der Waals surface area contributed by atoms with Gasteiger partial charge in [0.1, 0.15) is 17.5 Å². The van der Waals surface area contributed by atoms with Gasteiger partial charge < -0.3 is 10.3 Å². The Kier molecular flexibility index (Phi) is 3.91. The summed E-state index contributed by atoms with van der Waals surface area (Å²) in [5, 5.41) is 23.0. The minimum atomic E-state index is -0.608. The van der Waals surface area contributed by atoms with Crippen molar-refractivity contribution in [2.24, 2.45) is 0 Å². The first-order chi connectivity index (χ1) is 9.67. The molecule has 1 unspecified atom stereocenters. The third-order valence-corrected chi connectivity index (χ3v) is 2.80. The molecule has 0 saturated carbocycles. The van der Waals surface area contributed by atoms with Crippen molar-refractivity contribution in [3.05, 3.63) is 46.2 Å². The highest BCUT2D eigenvalue weighted by Gasteiger charge is 2.24. The first-order valence-corrected chi connectivity index (χ1v) is 5.96. The van der Waals surface area contributed by atoms with Crippen LogP contribution in [-0.2, 0) is 0 Å². The van der Waals surface area contributed by atoms with Gasteiger partial charge in [0.2, 0.25) is 5.82 Å².